The molecule has 1 aliphatic heterocycles. The number of Topliss-reactive ketones (excluding diaryl/α,β-unsaturated/α-hetero) is 1. The normalized spacial score (nSPS) is 16.8. The highest BCUT2D eigenvalue weighted by Gasteiger charge is 2.30. The molecule has 0 bridgehead atoms. The van der Waals surface area contributed by atoms with Crippen LogP contribution in [-0.4, -0.2) is 29.2 Å². The summed E-state index contributed by atoms with van der Waals surface area (Å²) in [4.78, 5) is 25.9. The summed E-state index contributed by atoms with van der Waals surface area (Å²) in [6.45, 7) is 5.14. The van der Waals surface area contributed by atoms with Crippen LogP contribution >= 0.6 is 0 Å². The number of nitrogens with zero attached hydrogens (tertiary/aromatic N) is 1. The highest BCUT2D eigenvalue weighted by molar-refractivity contribution is 5.94. The van der Waals surface area contributed by atoms with Crippen molar-refractivity contribution in [3.8, 4) is 5.75 Å². The maximum absolute atomic E-state index is 12.0. The van der Waals surface area contributed by atoms with Gasteiger partial charge in [0.15, 0.2) is 5.78 Å². The summed E-state index contributed by atoms with van der Waals surface area (Å²) < 4.78 is 5.72. The Hall–Kier alpha value is -2.66. The topological polar surface area (TPSA) is 72.6 Å². The lowest BCUT2D eigenvalue weighted by atomic mass is 9.93. The van der Waals surface area contributed by atoms with Gasteiger partial charge < -0.3 is 10.5 Å². The van der Waals surface area contributed by atoms with Gasteiger partial charge in [0.25, 0.3) is 0 Å². The van der Waals surface area contributed by atoms with Crippen LogP contribution in [0.4, 0.5) is 0 Å². The van der Waals surface area contributed by atoms with Crippen LogP contribution in [0, 0.1) is 0 Å². The molecular formula is C21H24N2O3. The molecule has 5 nitrogen and oxygen atoms in total. The lowest BCUT2D eigenvalue weighted by molar-refractivity contribution is -0.124. The van der Waals surface area contributed by atoms with Crippen molar-refractivity contribution >= 4 is 11.7 Å². The summed E-state index contributed by atoms with van der Waals surface area (Å²) in [6.07, 6.45) is 0.599. The Morgan fingerprint density at radius 1 is 1.19 bits per heavy atom. The number of carbonyl (C=O) groups is 2. The van der Waals surface area contributed by atoms with Gasteiger partial charge in [-0.25, -0.2) is 0 Å². The van der Waals surface area contributed by atoms with Crippen LogP contribution in [-0.2, 0) is 24.3 Å². The van der Waals surface area contributed by atoms with Crippen molar-refractivity contribution in [3.05, 3.63) is 64.7 Å². The Kier molecular flexibility index (Phi) is 5.38. The van der Waals surface area contributed by atoms with E-state index in [-0.39, 0.29) is 17.7 Å². The summed E-state index contributed by atoms with van der Waals surface area (Å²) in [5.41, 5.74) is 9.57. The molecule has 1 heterocycles. The Balaban J connectivity index is 1.94. The second kappa shape index (κ2) is 7.70. The van der Waals surface area contributed by atoms with Crippen molar-refractivity contribution in [1.29, 1.82) is 0 Å². The van der Waals surface area contributed by atoms with E-state index in [0.717, 1.165) is 16.9 Å². The van der Waals surface area contributed by atoms with E-state index in [1.165, 1.54) is 5.56 Å². The summed E-state index contributed by atoms with van der Waals surface area (Å²) >= 11 is 0. The number of hydrogen-bond donors (Lipinski definition) is 1. The van der Waals surface area contributed by atoms with E-state index in [0.29, 0.717) is 31.7 Å². The van der Waals surface area contributed by atoms with E-state index in [9.17, 15) is 9.59 Å². The number of nitrogens with two attached hydrogens (primary N) is 1. The number of fused-ring (bicyclic) bond motifs is 1. The summed E-state index contributed by atoms with van der Waals surface area (Å²) in [5, 5.41) is 0. The van der Waals surface area contributed by atoms with Gasteiger partial charge in [0.2, 0.25) is 5.91 Å². The van der Waals surface area contributed by atoms with Gasteiger partial charge in [0, 0.05) is 24.2 Å². The zero-order valence-electron chi connectivity index (χ0n) is 15.2. The molecule has 0 saturated carbocycles. The molecule has 0 fully saturated rings. The largest absolute Gasteiger partial charge is 0.494 e. The lowest BCUT2D eigenvalue weighted by Crippen LogP contribution is -2.48. The van der Waals surface area contributed by atoms with Crippen molar-refractivity contribution in [1.82, 2.24) is 4.90 Å². The predicted molar refractivity (Wildman–Crippen MR) is 100.0 cm³/mol. The third-order valence-corrected chi connectivity index (χ3v) is 4.81. The summed E-state index contributed by atoms with van der Waals surface area (Å²) in [5.74, 6) is 0.407. The van der Waals surface area contributed by atoms with Crippen LogP contribution in [0.5, 0.6) is 5.75 Å². The highest BCUT2D eigenvalue weighted by atomic mass is 16.5. The lowest BCUT2D eigenvalue weighted by Gasteiger charge is -2.35. The average molecular weight is 352 g/mol. The second-order valence-electron chi connectivity index (χ2n) is 6.61. The SMILES string of the molecule is CCOc1ccc(C(C)=O)cc1CN1Cc2ccccc2CC1C(N)=O. The van der Waals surface area contributed by atoms with Gasteiger partial charge in [-0.05, 0) is 49.6 Å². The minimum Gasteiger partial charge on any atom is -0.494 e. The maximum atomic E-state index is 12.0. The zero-order valence-corrected chi connectivity index (χ0v) is 15.2. The number of amides is 1. The Morgan fingerprint density at radius 2 is 1.92 bits per heavy atom. The van der Waals surface area contributed by atoms with E-state index in [1.54, 1.807) is 13.0 Å². The van der Waals surface area contributed by atoms with Gasteiger partial charge >= 0.3 is 0 Å². The number of benzene rings is 2. The average Bonchev–Trinajstić information content (AvgIpc) is 2.62. The Morgan fingerprint density at radius 3 is 2.58 bits per heavy atom. The van der Waals surface area contributed by atoms with Gasteiger partial charge in [0.1, 0.15) is 5.75 Å². The van der Waals surface area contributed by atoms with Crippen molar-refractivity contribution in [2.75, 3.05) is 6.61 Å². The number of ether oxygens (including phenoxy) is 1. The first-order valence-electron chi connectivity index (χ1n) is 8.86. The molecule has 0 radical (unpaired) electrons. The van der Waals surface area contributed by atoms with Crippen LogP contribution in [0.25, 0.3) is 0 Å². The molecule has 2 aromatic rings. The highest BCUT2D eigenvalue weighted by Crippen LogP contribution is 2.28. The molecule has 0 spiro atoms. The van der Waals surface area contributed by atoms with Gasteiger partial charge in [0.05, 0.1) is 12.6 Å². The van der Waals surface area contributed by atoms with Crippen molar-refractivity contribution in [3.63, 3.8) is 0 Å². The van der Waals surface area contributed by atoms with Crippen molar-refractivity contribution in [2.24, 2.45) is 5.73 Å². The number of rotatable bonds is 6. The first-order chi connectivity index (χ1) is 12.5. The molecule has 1 unspecified atom stereocenters. The minimum atomic E-state index is -0.375. The predicted octanol–water partition coefficient (Wildman–Crippen LogP) is 2.70. The van der Waals surface area contributed by atoms with E-state index in [2.05, 4.69) is 11.0 Å². The quantitative estimate of drug-likeness (QED) is 0.812. The van der Waals surface area contributed by atoms with Crippen LogP contribution < -0.4 is 10.5 Å². The third-order valence-electron chi connectivity index (χ3n) is 4.81. The molecular weight excluding hydrogens is 328 g/mol. The fourth-order valence-corrected chi connectivity index (χ4v) is 3.46. The van der Waals surface area contributed by atoms with Gasteiger partial charge in [-0.1, -0.05) is 24.3 Å². The van der Waals surface area contributed by atoms with E-state index in [4.69, 9.17) is 10.5 Å². The van der Waals surface area contributed by atoms with Crippen LogP contribution in [0.1, 0.15) is 40.9 Å². The number of ketones is 1. The summed E-state index contributed by atoms with van der Waals surface area (Å²) in [7, 11) is 0. The molecule has 136 valence electrons. The maximum Gasteiger partial charge on any atom is 0.235 e. The molecule has 26 heavy (non-hydrogen) atoms. The third kappa shape index (κ3) is 3.78. The Labute approximate surface area is 153 Å². The monoisotopic (exact) mass is 352 g/mol. The Bertz CT molecular complexity index is 832. The van der Waals surface area contributed by atoms with E-state index in [1.807, 2.05) is 37.3 Å². The molecule has 5 heteroatoms. The first-order valence-corrected chi connectivity index (χ1v) is 8.86. The van der Waals surface area contributed by atoms with Crippen molar-refractivity contribution < 1.29 is 14.3 Å². The standard InChI is InChI=1S/C21H24N2O3/c1-3-26-20-9-8-15(14(2)24)10-18(20)13-23-12-17-7-5-4-6-16(17)11-19(23)21(22)25/h4-10,19H,3,11-13H2,1-2H3,(H2,22,25). The van der Waals surface area contributed by atoms with E-state index >= 15 is 0 Å². The zero-order chi connectivity index (χ0) is 18.7. The molecule has 0 saturated heterocycles. The van der Waals surface area contributed by atoms with Crippen LogP contribution in [0.15, 0.2) is 42.5 Å². The number of carbonyl (C=O) groups excluding carboxylic acids is 2. The molecule has 0 aliphatic carbocycles. The molecule has 1 amide bonds. The fraction of sp³-hybridized carbons (Fsp3) is 0.333. The first kappa shape index (κ1) is 18.1. The molecule has 2 aromatic carbocycles. The number of primary amides is 1. The second-order valence-corrected chi connectivity index (χ2v) is 6.61. The summed E-state index contributed by atoms with van der Waals surface area (Å²) in [6, 6.07) is 13.2. The number of hydrogen-bond acceptors (Lipinski definition) is 4. The molecule has 1 aliphatic rings. The molecule has 0 aromatic heterocycles. The van der Waals surface area contributed by atoms with Crippen molar-refractivity contribution in [2.45, 2.75) is 39.4 Å². The minimum absolute atomic E-state index is 0.00439. The molecule has 1 atom stereocenters. The molecule has 2 N–H and O–H groups in total. The van der Waals surface area contributed by atoms with Crippen LogP contribution in [0.3, 0.4) is 0 Å². The smallest absolute Gasteiger partial charge is 0.235 e. The van der Waals surface area contributed by atoms with Gasteiger partial charge in [-0.2, -0.15) is 0 Å². The van der Waals surface area contributed by atoms with Gasteiger partial charge in [-0.3, -0.25) is 14.5 Å². The van der Waals surface area contributed by atoms with Crippen LogP contribution in [0.2, 0.25) is 0 Å². The van der Waals surface area contributed by atoms with E-state index < -0.39 is 0 Å². The van der Waals surface area contributed by atoms with Gasteiger partial charge in [-0.15, -0.1) is 0 Å². The molecule has 3 rings (SSSR count). The fourth-order valence-electron chi connectivity index (χ4n) is 3.46.